The fourth-order valence-corrected chi connectivity index (χ4v) is 4.36. The van der Waals surface area contributed by atoms with Crippen LogP contribution in [0.15, 0.2) is 35.3 Å². The minimum Gasteiger partial charge on any atom is -0.444 e. The van der Waals surface area contributed by atoms with Crippen molar-refractivity contribution in [3.05, 3.63) is 63.2 Å². The molecule has 2 aromatic heterocycles. The Hall–Kier alpha value is -3.76. The van der Waals surface area contributed by atoms with Gasteiger partial charge in [0.05, 0.1) is 5.56 Å². The number of hydrogen-bond acceptors (Lipinski definition) is 6. The molecule has 0 bridgehead atoms. The number of fused-ring (bicyclic) bond motifs is 1. The van der Waals surface area contributed by atoms with Gasteiger partial charge >= 0.3 is 12.3 Å². The predicted molar refractivity (Wildman–Crippen MR) is 152 cm³/mol. The second-order valence-electron chi connectivity index (χ2n) is 11.0. The van der Waals surface area contributed by atoms with Crippen LogP contribution in [0, 0.1) is 13.8 Å². The zero-order valence-electron chi connectivity index (χ0n) is 24.0. The summed E-state index contributed by atoms with van der Waals surface area (Å²) < 4.78 is 47.2. The number of halogens is 3. The van der Waals surface area contributed by atoms with Gasteiger partial charge in [0.2, 0.25) is 0 Å². The molecule has 3 aromatic rings. The Balaban J connectivity index is 1.91. The fourth-order valence-electron chi connectivity index (χ4n) is 4.36. The van der Waals surface area contributed by atoms with Crippen LogP contribution in [-0.4, -0.2) is 46.2 Å². The second-order valence-corrected chi connectivity index (χ2v) is 11.0. The Morgan fingerprint density at radius 2 is 1.85 bits per heavy atom. The number of carbonyl (C=O) groups is 1. The number of pyridine rings is 2. The second kappa shape index (κ2) is 12.2. The molecule has 1 unspecified atom stereocenters. The zero-order valence-corrected chi connectivity index (χ0v) is 24.0. The molecule has 1 atom stereocenters. The molecule has 218 valence electrons. The van der Waals surface area contributed by atoms with Gasteiger partial charge in [-0.05, 0) is 77.3 Å². The van der Waals surface area contributed by atoms with E-state index in [4.69, 9.17) is 4.74 Å². The van der Waals surface area contributed by atoms with E-state index in [1.165, 1.54) is 11.1 Å². The first kappa shape index (κ1) is 30.8. The third-order valence-corrected chi connectivity index (χ3v) is 6.50. The van der Waals surface area contributed by atoms with Crippen molar-refractivity contribution in [3.8, 4) is 0 Å². The molecule has 0 saturated carbocycles. The average Bonchev–Trinajstić information content (AvgIpc) is 2.83. The standard InChI is InChI=1S/C29H38F3N5O3/c1-8-20(10-12-37(7)27(39)40-28(4,5)6)36-24-15-19(29(30,31)32)14-22-21(24)9-11-33-25(22)34-16-23-17(2)13-18(3)35-26(23)38/h9,11,13-15,20,36H,8,10,12,16H2,1-7H3,(H,33,34)(H,35,38). The fraction of sp³-hybridized carbons (Fsp3) is 0.483. The van der Waals surface area contributed by atoms with Crippen molar-refractivity contribution in [1.82, 2.24) is 14.9 Å². The summed E-state index contributed by atoms with van der Waals surface area (Å²) in [5.41, 5.74) is 0.587. The lowest BCUT2D eigenvalue weighted by Crippen LogP contribution is -2.36. The summed E-state index contributed by atoms with van der Waals surface area (Å²) in [4.78, 5) is 33.3. The summed E-state index contributed by atoms with van der Waals surface area (Å²) in [5.74, 6) is 0.240. The monoisotopic (exact) mass is 561 g/mol. The molecular formula is C29H38F3N5O3. The molecule has 0 saturated heterocycles. The van der Waals surface area contributed by atoms with Crippen molar-refractivity contribution in [1.29, 1.82) is 0 Å². The molecule has 1 amide bonds. The van der Waals surface area contributed by atoms with Crippen LogP contribution in [0.3, 0.4) is 0 Å². The summed E-state index contributed by atoms with van der Waals surface area (Å²) in [5, 5.41) is 7.16. The minimum atomic E-state index is -4.58. The van der Waals surface area contributed by atoms with Crippen LogP contribution in [0.4, 0.5) is 29.5 Å². The molecule has 0 aliphatic carbocycles. The molecule has 3 N–H and O–H groups in total. The van der Waals surface area contributed by atoms with Crippen LogP contribution >= 0.6 is 0 Å². The van der Waals surface area contributed by atoms with Crippen molar-refractivity contribution in [2.45, 2.75) is 78.7 Å². The number of nitrogens with one attached hydrogen (secondary N) is 3. The number of H-pyrrole nitrogens is 1. The molecule has 0 aliphatic rings. The largest absolute Gasteiger partial charge is 0.444 e. The van der Waals surface area contributed by atoms with E-state index in [0.717, 1.165) is 23.4 Å². The number of carbonyl (C=O) groups excluding carboxylic acids is 1. The molecular weight excluding hydrogens is 523 g/mol. The van der Waals surface area contributed by atoms with Crippen LogP contribution in [-0.2, 0) is 17.5 Å². The Morgan fingerprint density at radius 3 is 2.45 bits per heavy atom. The quantitative estimate of drug-likeness (QED) is 0.272. The predicted octanol–water partition coefficient (Wildman–Crippen LogP) is 6.62. The van der Waals surface area contributed by atoms with Crippen molar-refractivity contribution in [2.75, 3.05) is 24.2 Å². The number of aromatic nitrogens is 2. The Kier molecular flexibility index (Phi) is 9.37. The Bertz CT molecular complexity index is 1410. The average molecular weight is 562 g/mol. The molecule has 11 heteroatoms. The molecule has 2 heterocycles. The number of rotatable bonds is 9. The smallest absolute Gasteiger partial charge is 0.416 e. The summed E-state index contributed by atoms with van der Waals surface area (Å²) >= 11 is 0. The number of hydrogen-bond donors (Lipinski definition) is 3. The van der Waals surface area contributed by atoms with Gasteiger partial charge < -0.3 is 25.3 Å². The van der Waals surface area contributed by atoms with Crippen molar-refractivity contribution >= 4 is 28.4 Å². The highest BCUT2D eigenvalue weighted by molar-refractivity contribution is 6.00. The minimum absolute atomic E-state index is 0.0984. The number of amides is 1. The van der Waals surface area contributed by atoms with Gasteiger partial charge in [0, 0.05) is 60.1 Å². The molecule has 1 aromatic carbocycles. The lowest BCUT2D eigenvalue weighted by atomic mass is 10.0. The van der Waals surface area contributed by atoms with Crippen LogP contribution in [0.1, 0.15) is 62.9 Å². The van der Waals surface area contributed by atoms with E-state index in [2.05, 4.69) is 20.6 Å². The summed E-state index contributed by atoms with van der Waals surface area (Å²) in [6.45, 7) is 11.3. The van der Waals surface area contributed by atoms with E-state index in [-0.39, 0.29) is 29.3 Å². The van der Waals surface area contributed by atoms with Crippen LogP contribution < -0.4 is 16.2 Å². The van der Waals surface area contributed by atoms with E-state index in [1.807, 2.05) is 19.9 Å². The number of alkyl halides is 3. The van der Waals surface area contributed by atoms with Gasteiger partial charge in [0.1, 0.15) is 11.4 Å². The summed E-state index contributed by atoms with van der Waals surface area (Å²) in [7, 11) is 1.63. The van der Waals surface area contributed by atoms with E-state index in [0.29, 0.717) is 36.0 Å². The van der Waals surface area contributed by atoms with Gasteiger partial charge in [-0.2, -0.15) is 13.2 Å². The van der Waals surface area contributed by atoms with Gasteiger partial charge in [0.25, 0.3) is 5.56 Å². The van der Waals surface area contributed by atoms with E-state index >= 15 is 0 Å². The first-order valence-corrected chi connectivity index (χ1v) is 13.2. The van der Waals surface area contributed by atoms with Crippen molar-refractivity contribution < 1.29 is 22.7 Å². The van der Waals surface area contributed by atoms with Crippen molar-refractivity contribution in [3.63, 3.8) is 0 Å². The first-order valence-electron chi connectivity index (χ1n) is 13.2. The zero-order chi connectivity index (χ0) is 29.8. The van der Waals surface area contributed by atoms with Gasteiger partial charge in [-0.1, -0.05) is 6.92 Å². The topological polar surface area (TPSA) is 99.4 Å². The normalized spacial score (nSPS) is 12.8. The maximum atomic E-state index is 13.9. The van der Waals surface area contributed by atoms with Gasteiger partial charge in [-0.3, -0.25) is 4.79 Å². The molecule has 0 spiro atoms. The number of ether oxygens (including phenoxy) is 1. The van der Waals surface area contributed by atoms with Gasteiger partial charge in [-0.15, -0.1) is 0 Å². The molecule has 3 rings (SSSR count). The highest BCUT2D eigenvalue weighted by Crippen LogP contribution is 2.38. The number of nitrogens with zero attached hydrogens (tertiary/aromatic N) is 2. The molecule has 8 nitrogen and oxygen atoms in total. The molecule has 40 heavy (non-hydrogen) atoms. The third-order valence-electron chi connectivity index (χ3n) is 6.50. The third kappa shape index (κ3) is 7.89. The SMILES string of the molecule is CCC(CCN(C)C(=O)OC(C)(C)C)Nc1cc(C(F)(F)F)cc2c(NCc3c(C)cc(C)[nH]c3=O)nccc12. The lowest BCUT2D eigenvalue weighted by molar-refractivity contribution is -0.137. The Morgan fingerprint density at radius 1 is 1.15 bits per heavy atom. The number of benzene rings is 1. The molecule has 0 radical (unpaired) electrons. The molecule has 0 fully saturated rings. The lowest BCUT2D eigenvalue weighted by Gasteiger charge is -2.27. The number of aryl methyl sites for hydroxylation is 2. The highest BCUT2D eigenvalue weighted by Gasteiger charge is 2.32. The molecule has 0 aliphatic heterocycles. The maximum Gasteiger partial charge on any atom is 0.416 e. The van der Waals surface area contributed by atoms with Crippen molar-refractivity contribution in [2.24, 2.45) is 0 Å². The van der Waals surface area contributed by atoms with Crippen LogP contribution in [0.2, 0.25) is 0 Å². The highest BCUT2D eigenvalue weighted by atomic mass is 19.4. The maximum absolute atomic E-state index is 13.9. The van der Waals surface area contributed by atoms with E-state index in [1.54, 1.807) is 40.8 Å². The summed E-state index contributed by atoms with van der Waals surface area (Å²) in [6, 6.07) is 5.45. The first-order chi connectivity index (χ1) is 18.6. The summed E-state index contributed by atoms with van der Waals surface area (Å²) in [6.07, 6.45) is -2.41. The van der Waals surface area contributed by atoms with Crippen LogP contribution in [0.5, 0.6) is 0 Å². The van der Waals surface area contributed by atoms with Gasteiger partial charge in [0.15, 0.2) is 0 Å². The number of anilines is 2. The van der Waals surface area contributed by atoms with Gasteiger partial charge in [-0.25, -0.2) is 9.78 Å². The van der Waals surface area contributed by atoms with E-state index in [9.17, 15) is 22.8 Å². The van der Waals surface area contributed by atoms with E-state index < -0.39 is 23.4 Å². The van der Waals surface area contributed by atoms with Crippen LogP contribution in [0.25, 0.3) is 10.8 Å². The number of aromatic amines is 1. The Labute approximate surface area is 232 Å².